The first-order valence-electron chi connectivity index (χ1n) is 9.89. The Morgan fingerprint density at radius 1 is 1.10 bits per heavy atom. The number of hydrogen-bond donors (Lipinski definition) is 2. The Labute approximate surface area is 181 Å². The van der Waals surface area contributed by atoms with Crippen LogP contribution in [0.15, 0.2) is 59.1 Å². The van der Waals surface area contributed by atoms with E-state index in [2.05, 4.69) is 10.0 Å². The van der Waals surface area contributed by atoms with Crippen molar-refractivity contribution in [2.24, 2.45) is 5.92 Å². The summed E-state index contributed by atoms with van der Waals surface area (Å²) in [6.45, 7) is 4.84. The summed E-state index contributed by atoms with van der Waals surface area (Å²) in [5, 5.41) is 14.2. The second-order valence-corrected chi connectivity index (χ2v) is 8.51. The summed E-state index contributed by atoms with van der Waals surface area (Å²) in [6, 6.07) is 12.2. The van der Waals surface area contributed by atoms with Gasteiger partial charge in [-0.15, -0.1) is 0 Å². The number of ether oxygens (including phenoxy) is 2. The fourth-order valence-corrected chi connectivity index (χ4v) is 4.40. The van der Waals surface area contributed by atoms with Crippen LogP contribution >= 0.6 is 0 Å². The largest absolute Gasteiger partial charge is 0.381 e. The predicted octanol–water partition coefficient (Wildman–Crippen LogP) is 3.36. The minimum absolute atomic E-state index is 0.0763. The van der Waals surface area contributed by atoms with Crippen molar-refractivity contribution in [2.45, 2.75) is 25.0 Å². The number of benzene rings is 2. The first kappa shape index (κ1) is 22.7. The molecular formula is C21H25N3O6S. The van der Waals surface area contributed by atoms with Crippen molar-refractivity contribution in [1.82, 2.24) is 4.72 Å². The third-order valence-electron chi connectivity index (χ3n) is 4.79. The Hall–Kier alpha value is -2.95. The van der Waals surface area contributed by atoms with Gasteiger partial charge < -0.3 is 14.8 Å². The van der Waals surface area contributed by atoms with Crippen LogP contribution in [0.1, 0.15) is 19.4 Å². The second-order valence-electron chi connectivity index (χ2n) is 6.83. The van der Waals surface area contributed by atoms with Crippen LogP contribution in [0.4, 0.5) is 11.4 Å². The van der Waals surface area contributed by atoms with E-state index in [1.165, 1.54) is 12.1 Å². The van der Waals surface area contributed by atoms with Gasteiger partial charge in [0, 0.05) is 36.7 Å². The highest BCUT2D eigenvalue weighted by atomic mass is 32.2. The first-order valence-corrected chi connectivity index (χ1v) is 11.4. The number of nitrogens with zero attached hydrogens (tertiary/aromatic N) is 1. The van der Waals surface area contributed by atoms with Crippen molar-refractivity contribution in [3.05, 3.63) is 69.9 Å². The van der Waals surface area contributed by atoms with E-state index >= 15 is 0 Å². The van der Waals surface area contributed by atoms with Gasteiger partial charge in [0.25, 0.3) is 15.7 Å². The van der Waals surface area contributed by atoms with E-state index in [9.17, 15) is 18.5 Å². The second kappa shape index (κ2) is 9.90. The van der Waals surface area contributed by atoms with Crippen LogP contribution < -0.4 is 10.0 Å². The number of anilines is 1. The molecule has 0 amide bonds. The maximum absolute atomic E-state index is 13.1. The summed E-state index contributed by atoms with van der Waals surface area (Å²) in [6.07, 6.45) is 1.24. The molecule has 0 aliphatic carbocycles. The molecule has 166 valence electrons. The molecular weight excluding hydrogens is 422 g/mol. The van der Waals surface area contributed by atoms with E-state index in [4.69, 9.17) is 9.47 Å². The molecule has 0 fully saturated rings. The highest BCUT2D eigenvalue weighted by Gasteiger charge is 2.32. The molecule has 0 radical (unpaired) electrons. The lowest BCUT2D eigenvalue weighted by atomic mass is 10.0. The summed E-state index contributed by atoms with van der Waals surface area (Å²) < 4.78 is 40.3. The van der Waals surface area contributed by atoms with Crippen molar-refractivity contribution < 1.29 is 22.8 Å². The summed E-state index contributed by atoms with van der Waals surface area (Å²) in [5.41, 5.74) is 1.83. The summed E-state index contributed by atoms with van der Waals surface area (Å²) in [7, 11) is -4.00. The van der Waals surface area contributed by atoms with Gasteiger partial charge in [0.1, 0.15) is 6.23 Å². The zero-order chi connectivity index (χ0) is 22.4. The number of nitrogens with one attached hydrogen (secondary N) is 2. The van der Waals surface area contributed by atoms with Crippen molar-refractivity contribution in [1.29, 1.82) is 0 Å². The monoisotopic (exact) mass is 447 g/mol. The van der Waals surface area contributed by atoms with Gasteiger partial charge in [0.05, 0.1) is 22.3 Å². The number of nitro groups is 1. The minimum atomic E-state index is -4.00. The number of sulfonamides is 1. The quantitative estimate of drug-likeness (QED) is 0.447. The Kier molecular flexibility index (Phi) is 7.26. The molecule has 2 N–H and O–H groups in total. The van der Waals surface area contributed by atoms with Gasteiger partial charge >= 0.3 is 0 Å². The van der Waals surface area contributed by atoms with Gasteiger partial charge in [-0.2, -0.15) is 0 Å². The Morgan fingerprint density at radius 3 is 2.45 bits per heavy atom. The molecule has 0 saturated heterocycles. The summed E-state index contributed by atoms with van der Waals surface area (Å²) in [5.74, 6) is -0.444. The van der Waals surface area contributed by atoms with Crippen molar-refractivity contribution >= 4 is 27.5 Å². The van der Waals surface area contributed by atoms with Gasteiger partial charge in [-0.25, -0.2) is 8.42 Å². The van der Waals surface area contributed by atoms with Gasteiger partial charge in [-0.3, -0.25) is 14.8 Å². The Bertz CT molecular complexity index is 1050. The van der Waals surface area contributed by atoms with E-state index in [0.29, 0.717) is 18.9 Å². The number of non-ortho nitro benzene ring substituents is 1. The van der Waals surface area contributed by atoms with E-state index in [-0.39, 0.29) is 17.2 Å². The Morgan fingerprint density at radius 2 is 1.81 bits per heavy atom. The lowest BCUT2D eigenvalue weighted by molar-refractivity contribution is -0.384. The fraction of sp³-hybridized carbons (Fsp3) is 0.333. The van der Waals surface area contributed by atoms with Gasteiger partial charge in [0.15, 0.2) is 0 Å². The Balaban J connectivity index is 2.00. The zero-order valence-corrected chi connectivity index (χ0v) is 18.1. The summed E-state index contributed by atoms with van der Waals surface area (Å²) in [4.78, 5) is 10.2. The lowest BCUT2D eigenvalue weighted by Crippen LogP contribution is -2.40. The van der Waals surface area contributed by atoms with Gasteiger partial charge in [-0.1, -0.05) is 18.2 Å². The van der Waals surface area contributed by atoms with E-state index in [1.807, 2.05) is 38.1 Å². The van der Waals surface area contributed by atoms with Crippen LogP contribution in [0.2, 0.25) is 0 Å². The van der Waals surface area contributed by atoms with Crippen molar-refractivity contribution in [3.63, 3.8) is 0 Å². The third kappa shape index (κ3) is 5.40. The molecule has 0 aromatic heterocycles. The number of para-hydroxylation sites is 1. The van der Waals surface area contributed by atoms with E-state index < -0.39 is 27.1 Å². The van der Waals surface area contributed by atoms with Crippen LogP contribution in [0.5, 0.6) is 0 Å². The van der Waals surface area contributed by atoms with Crippen LogP contribution in [0, 0.1) is 16.0 Å². The molecule has 1 aliphatic rings. The number of nitro benzene ring substituents is 1. The maximum atomic E-state index is 13.1. The average Bonchev–Trinajstić information content (AvgIpc) is 2.88. The zero-order valence-electron chi connectivity index (χ0n) is 17.3. The van der Waals surface area contributed by atoms with E-state index in [1.54, 1.807) is 6.08 Å². The molecule has 2 aromatic rings. The van der Waals surface area contributed by atoms with Crippen molar-refractivity contribution in [3.8, 4) is 0 Å². The SMILES string of the molecule is CCOCC1C(NS(=O)(=O)c2ccc([N+](=O)[O-])cc2)=Cc2ccccc2NC1OCC. The predicted molar refractivity (Wildman–Crippen MR) is 117 cm³/mol. The first-order chi connectivity index (χ1) is 14.9. The molecule has 2 atom stereocenters. The molecule has 2 unspecified atom stereocenters. The lowest BCUT2D eigenvalue weighted by Gasteiger charge is -2.29. The number of hydrogen-bond acceptors (Lipinski definition) is 7. The van der Waals surface area contributed by atoms with Crippen LogP contribution in [-0.2, 0) is 19.5 Å². The van der Waals surface area contributed by atoms with Gasteiger partial charge in [-0.05, 0) is 43.7 Å². The number of rotatable bonds is 9. The normalized spacial score (nSPS) is 18.3. The molecule has 1 aliphatic heterocycles. The molecule has 31 heavy (non-hydrogen) atoms. The smallest absolute Gasteiger partial charge is 0.269 e. The van der Waals surface area contributed by atoms with Gasteiger partial charge in [0.2, 0.25) is 0 Å². The molecule has 2 aromatic carbocycles. The molecule has 3 rings (SSSR count). The molecule has 0 bridgehead atoms. The molecule has 0 saturated carbocycles. The van der Waals surface area contributed by atoms with E-state index in [0.717, 1.165) is 23.4 Å². The highest BCUT2D eigenvalue weighted by Crippen LogP contribution is 2.30. The average molecular weight is 448 g/mol. The maximum Gasteiger partial charge on any atom is 0.269 e. The molecule has 10 heteroatoms. The standard InChI is InChI=1S/C21H25N3O6S/c1-3-29-14-18-20(13-15-7-5-6-8-19(15)22-21(18)30-4-2)23-31(27,28)17-11-9-16(10-12-17)24(25)26/h5-13,18,21-23H,3-4,14H2,1-2H3. The van der Waals surface area contributed by atoms with Crippen LogP contribution in [0.3, 0.4) is 0 Å². The molecule has 9 nitrogen and oxygen atoms in total. The molecule has 1 heterocycles. The minimum Gasteiger partial charge on any atom is -0.381 e. The molecule has 0 spiro atoms. The van der Waals surface area contributed by atoms with Crippen LogP contribution in [-0.4, -0.2) is 39.4 Å². The topological polar surface area (TPSA) is 120 Å². The van der Waals surface area contributed by atoms with Crippen LogP contribution in [0.25, 0.3) is 6.08 Å². The summed E-state index contributed by atoms with van der Waals surface area (Å²) >= 11 is 0. The fourth-order valence-electron chi connectivity index (χ4n) is 3.27. The van der Waals surface area contributed by atoms with Crippen molar-refractivity contribution in [2.75, 3.05) is 25.1 Å². The number of fused-ring (bicyclic) bond motifs is 1. The highest BCUT2D eigenvalue weighted by molar-refractivity contribution is 7.89. The third-order valence-corrected chi connectivity index (χ3v) is 6.19.